The number of aliphatic hydroxyl groups is 1. The lowest BCUT2D eigenvalue weighted by molar-refractivity contribution is -0.130. The Morgan fingerprint density at radius 1 is 0.938 bits per heavy atom. The molecule has 3 N–H and O–H groups in total. The number of amides is 1. The first-order valence-electron chi connectivity index (χ1n) is 10.1. The van der Waals surface area contributed by atoms with E-state index >= 15 is 0 Å². The normalized spacial score (nSPS) is 23.2. The maximum atomic E-state index is 11.9. The number of phosphoric acid groups is 2. The molecule has 15 heteroatoms. The maximum Gasteiger partial charge on any atom is 0.472 e. The molecule has 1 aliphatic heterocycles. The van der Waals surface area contributed by atoms with Crippen LogP contribution in [0, 0.1) is 0 Å². The summed E-state index contributed by atoms with van der Waals surface area (Å²) in [4.78, 5) is 32.1. The predicted molar refractivity (Wildman–Crippen MR) is 112 cm³/mol. The van der Waals surface area contributed by atoms with Crippen LogP contribution >= 0.6 is 15.6 Å². The molecule has 1 fully saturated rings. The van der Waals surface area contributed by atoms with Gasteiger partial charge < -0.3 is 29.3 Å². The summed E-state index contributed by atoms with van der Waals surface area (Å²) in [7, 11) is -8.48. The quantitative estimate of drug-likeness (QED) is 0.213. The highest BCUT2D eigenvalue weighted by Crippen LogP contribution is 2.47. The number of rotatable bonds is 15. The lowest BCUT2D eigenvalue weighted by atomic mass is 10.2. The number of phosphoric ester groups is 2. The molecular weight excluding hydrogens is 472 g/mol. The van der Waals surface area contributed by atoms with Gasteiger partial charge in [0.1, 0.15) is 0 Å². The van der Waals surface area contributed by atoms with E-state index in [1.165, 1.54) is 11.8 Å². The third-order valence-corrected chi connectivity index (χ3v) is 6.22. The predicted octanol–water partition coefficient (Wildman–Crippen LogP) is 1.07. The van der Waals surface area contributed by atoms with Crippen LogP contribution in [-0.2, 0) is 41.5 Å². The Labute approximate surface area is 188 Å². The highest BCUT2D eigenvalue weighted by Gasteiger charge is 2.35. The average molecular weight is 507 g/mol. The number of carbonyl (C=O) groups excluding carboxylic acids is 1. The van der Waals surface area contributed by atoms with Gasteiger partial charge in [-0.05, 0) is 27.2 Å². The Bertz CT molecular complexity index is 670. The van der Waals surface area contributed by atoms with Crippen molar-refractivity contribution in [1.82, 2.24) is 4.90 Å². The van der Waals surface area contributed by atoms with E-state index in [0.29, 0.717) is 0 Å². The van der Waals surface area contributed by atoms with Crippen molar-refractivity contribution < 1.29 is 56.4 Å². The summed E-state index contributed by atoms with van der Waals surface area (Å²) in [6.45, 7) is 6.17. The Balaban J connectivity index is 2.07. The van der Waals surface area contributed by atoms with E-state index in [0.717, 1.165) is 0 Å². The van der Waals surface area contributed by atoms with Gasteiger partial charge >= 0.3 is 15.6 Å². The zero-order valence-electron chi connectivity index (χ0n) is 18.9. The van der Waals surface area contributed by atoms with Crippen LogP contribution < -0.4 is 0 Å². The minimum atomic E-state index is -4.33. The second-order valence-corrected chi connectivity index (χ2v) is 10.9. The number of carbonyl (C=O) groups is 1. The largest absolute Gasteiger partial charge is 0.472 e. The first-order chi connectivity index (χ1) is 14.7. The van der Waals surface area contributed by atoms with Crippen LogP contribution in [0.4, 0.5) is 0 Å². The second kappa shape index (κ2) is 13.5. The molecule has 1 amide bonds. The number of ether oxygens (including phenoxy) is 2. The minimum absolute atomic E-state index is 0.000742. The summed E-state index contributed by atoms with van der Waals surface area (Å²) >= 11 is 0. The van der Waals surface area contributed by atoms with Gasteiger partial charge in [0.25, 0.3) is 0 Å². The first-order valence-corrected chi connectivity index (χ1v) is 13.1. The molecule has 0 aromatic heterocycles. The van der Waals surface area contributed by atoms with Crippen LogP contribution in [0.3, 0.4) is 0 Å². The summed E-state index contributed by atoms with van der Waals surface area (Å²) < 4.78 is 53.3. The number of hydrogen-bond acceptors (Lipinski definition) is 10. The van der Waals surface area contributed by atoms with Crippen molar-refractivity contribution in [3.05, 3.63) is 0 Å². The van der Waals surface area contributed by atoms with Gasteiger partial charge in [0.2, 0.25) is 5.91 Å². The summed E-state index contributed by atoms with van der Waals surface area (Å²) in [5.74, 6) is -0.255. The molecular formula is C17H35NO12P2. The van der Waals surface area contributed by atoms with Crippen molar-refractivity contribution >= 4 is 21.6 Å². The lowest BCUT2D eigenvalue weighted by Gasteiger charge is -2.23. The van der Waals surface area contributed by atoms with Crippen LogP contribution in [0.15, 0.2) is 0 Å². The third-order valence-electron chi connectivity index (χ3n) is 3.95. The standard InChI is InChI=1S/C17H35NO12P2/c1-14(19)18-12-16(20)11-15(18)13-29-31(21,22)27-9-7-25-5-6-26-8-10-28-32(23,24)30-17(2,3)4/h15-16,20H,5-13H2,1-4H3,(H,21,22)(H,23,24)/t15-,16+/m0/s1. The van der Waals surface area contributed by atoms with Gasteiger partial charge in [0.15, 0.2) is 0 Å². The van der Waals surface area contributed by atoms with Crippen LogP contribution in [-0.4, -0.2) is 96.2 Å². The number of nitrogens with zero attached hydrogens (tertiary/aromatic N) is 1. The van der Waals surface area contributed by atoms with Gasteiger partial charge in [0, 0.05) is 13.5 Å². The molecule has 1 rings (SSSR count). The molecule has 190 valence electrons. The Morgan fingerprint density at radius 3 is 1.94 bits per heavy atom. The van der Waals surface area contributed by atoms with Gasteiger partial charge in [-0.25, -0.2) is 9.13 Å². The molecule has 0 spiro atoms. The highest BCUT2D eigenvalue weighted by atomic mass is 31.2. The summed E-state index contributed by atoms with van der Waals surface area (Å²) in [5, 5.41) is 9.64. The smallest absolute Gasteiger partial charge is 0.391 e. The number of β-amino-alcohol motifs (C(OH)–C–C–N with tert-alkyl or cyclic N) is 1. The molecule has 0 bridgehead atoms. The maximum absolute atomic E-state index is 11.9. The molecule has 0 aliphatic carbocycles. The van der Waals surface area contributed by atoms with Gasteiger partial charge in [-0.2, -0.15) is 0 Å². The van der Waals surface area contributed by atoms with Crippen molar-refractivity contribution in [2.45, 2.75) is 51.9 Å². The monoisotopic (exact) mass is 507 g/mol. The minimum Gasteiger partial charge on any atom is -0.391 e. The summed E-state index contributed by atoms with van der Waals surface area (Å²) in [6.07, 6.45) is -0.439. The van der Waals surface area contributed by atoms with E-state index in [1.54, 1.807) is 20.8 Å². The van der Waals surface area contributed by atoms with Crippen molar-refractivity contribution in [2.75, 3.05) is 52.8 Å². The van der Waals surface area contributed by atoms with Crippen LogP contribution in [0.5, 0.6) is 0 Å². The van der Waals surface area contributed by atoms with E-state index in [-0.39, 0.29) is 65.1 Å². The van der Waals surface area contributed by atoms with Gasteiger partial charge in [-0.15, -0.1) is 0 Å². The molecule has 0 radical (unpaired) electrons. The highest BCUT2D eigenvalue weighted by molar-refractivity contribution is 7.47. The van der Waals surface area contributed by atoms with Crippen molar-refractivity contribution in [3.63, 3.8) is 0 Å². The van der Waals surface area contributed by atoms with Gasteiger partial charge in [-0.1, -0.05) is 0 Å². The topological polar surface area (TPSA) is 171 Å². The summed E-state index contributed by atoms with van der Waals surface area (Å²) in [6, 6.07) is -0.497. The molecule has 0 aromatic rings. The van der Waals surface area contributed by atoms with E-state index in [4.69, 9.17) is 27.6 Å². The average Bonchev–Trinajstić information content (AvgIpc) is 3.01. The van der Waals surface area contributed by atoms with Crippen molar-refractivity contribution in [2.24, 2.45) is 0 Å². The Morgan fingerprint density at radius 2 is 1.44 bits per heavy atom. The molecule has 0 saturated carbocycles. The van der Waals surface area contributed by atoms with Crippen molar-refractivity contribution in [3.8, 4) is 0 Å². The number of hydrogen-bond donors (Lipinski definition) is 3. The summed E-state index contributed by atoms with van der Waals surface area (Å²) in [5.41, 5.74) is -0.821. The van der Waals surface area contributed by atoms with Crippen LogP contribution in [0.1, 0.15) is 34.1 Å². The molecule has 1 heterocycles. The van der Waals surface area contributed by atoms with E-state index in [9.17, 15) is 28.8 Å². The molecule has 32 heavy (non-hydrogen) atoms. The van der Waals surface area contributed by atoms with Gasteiger partial charge in [-0.3, -0.25) is 22.9 Å². The zero-order chi connectivity index (χ0) is 24.4. The zero-order valence-corrected chi connectivity index (χ0v) is 20.7. The van der Waals surface area contributed by atoms with Gasteiger partial charge in [0.05, 0.1) is 64.0 Å². The Hall–Kier alpha value is -0.430. The fourth-order valence-electron chi connectivity index (χ4n) is 2.77. The molecule has 4 atom stereocenters. The molecule has 13 nitrogen and oxygen atoms in total. The third kappa shape index (κ3) is 13.3. The SMILES string of the molecule is CC(=O)N1C[C@H](O)C[C@H]1COP(=O)(O)OCCOCCOCCOP(=O)(O)OC(C)(C)C. The molecule has 0 aromatic carbocycles. The van der Waals surface area contributed by atoms with E-state index in [2.05, 4.69) is 0 Å². The first kappa shape index (κ1) is 29.6. The number of likely N-dealkylation sites (tertiary alicyclic amines) is 1. The fourth-order valence-corrected chi connectivity index (χ4v) is 4.56. The number of aliphatic hydroxyl groups excluding tert-OH is 1. The Kier molecular flexibility index (Phi) is 12.4. The van der Waals surface area contributed by atoms with E-state index < -0.39 is 33.4 Å². The molecule has 1 aliphatic rings. The lowest BCUT2D eigenvalue weighted by Crippen LogP contribution is -2.36. The van der Waals surface area contributed by atoms with Crippen LogP contribution in [0.25, 0.3) is 0 Å². The fraction of sp³-hybridized carbons (Fsp3) is 0.941. The second-order valence-electron chi connectivity index (χ2n) is 8.04. The van der Waals surface area contributed by atoms with E-state index in [1.807, 2.05) is 0 Å². The van der Waals surface area contributed by atoms with Crippen molar-refractivity contribution in [1.29, 1.82) is 0 Å². The molecule has 2 unspecified atom stereocenters. The molecule has 1 saturated heterocycles. The van der Waals surface area contributed by atoms with Crippen LogP contribution in [0.2, 0.25) is 0 Å².